The molecule has 1 aromatic heterocycles. The third kappa shape index (κ3) is 3.60. The van der Waals surface area contributed by atoms with E-state index >= 15 is 0 Å². The fourth-order valence-corrected chi connectivity index (χ4v) is 2.81. The minimum atomic E-state index is -0.291. The van der Waals surface area contributed by atoms with E-state index in [1.807, 2.05) is 6.07 Å². The van der Waals surface area contributed by atoms with Crippen molar-refractivity contribution >= 4 is 5.91 Å². The predicted octanol–water partition coefficient (Wildman–Crippen LogP) is 2.53. The van der Waals surface area contributed by atoms with Gasteiger partial charge in [-0.2, -0.15) is 0 Å². The van der Waals surface area contributed by atoms with Crippen LogP contribution in [0.25, 0.3) is 0 Å². The van der Waals surface area contributed by atoms with Crippen LogP contribution in [0.4, 0.5) is 4.39 Å². The van der Waals surface area contributed by atoms with Crippen molar-refractivity contribution in [3.05, 3.63) is 59.3 Å². The van der Waals surface area contributed by atoms with E-state index in [-0.39, 0.29) is 36.2 Å². The molecule has 0 radical (unpaired) electrons. The lowest BCUT2D eigenvalue weighted by Gasteiger charge is -2.30. The number of ether oxygens (including phenoxy) is 1. The van der Waals surface area contributed by atoms with Gasteiger partial charge in [-0.3, -0.25) is 4.79 Å². The van der Waals surface area contributed by atoms with Gasteiger partial charge in [0, 0.05) is 24.8 Å². The Labute approximate surface area is 133 Å². The highest BCUT2D eigenvalue weighted by atomic mass is 19.1. The second-order valence-corrected chi connectivity index (χ2v) is 5.59. The first kappa shape index (κ1) is 15.7. The van der Waals surface area contributed by atoms with Crippen molar-refractivity contribution in [2.24, 2.45) is 5.73 Å². The summed E-state index contributed by atoms with van der Waals surface area (Å²) in [5, 5.41) is 2.95. The van der Waals surface area contributed by atoms with Crippen molar-refractivity contribution in [3.63, 3.8) is 0 Å². The van der Waals surface area contributed by atoms with Gasteiger partial charge in [-0.25, -0.2) is 4.39 Å². The van der Waals surface area contributed by atoms with Crippen molar-refractivity contribution in [2.75, 3.05) is 6.61 Å². The Morgan fingerprint density at radius 1 is 1.39 bits per heavy atom. The van der Waals surface area contributed by atoms with Crippen molar-refractivity contribution < 1.29 is 18.3 Å². The molecule has 1 amide bonds. The highest BCUT2D eigenvalue weighted by molar-refractivity contribution is 5.93. The summed E-state index contributed by atoms with van der Waals surface area (Å²) in [7, 11) is 0. The number of carbonyl (C=O) groups is 1. The van der Waals surface area contributed by atoms with E-state index in [0.717, 1.165) is 5.56 Å². The summed E-state index contributed by atoms with van der Waals surface area (Å²) in [4.78, 5) is 12.3. The summed E-state index contributed by atoms with van der Waals surface area (Å²) in [6.07, 6.45) is 2.52. The maximum Gasteiger partial charge on any atom is 0.287 e. The lowest BCUT2D eigenvalue weighted by molar-refractivity contribution is 0.000549. The van der Waals surface area contributed by atoms with Gasteiger partial charge < -0.3 is 20.2 Å². The third-order valence-electron chi connectivity index (χ3n) is 4.01. The third-order valence-corrected chi connectivity index (χ3v) is 4.01. The predicted molar refractivity (Wildman–Crippen MR) is 82.2 cm³/mol. The van der Waals surface area contributed by atoms with E-state index in [0.29, 0.717) is 25.0 Å². The number of halogens is 1. The van der Waals surface area contributed by atoms with Crippen LogP contribution in [-0.4, -0.2) is 18.6 Å². The Hall–Kier alpha value is -2.18. The lowest BCUT2D eigenvalue weighted by atomic mass is 9.97. The normalized spacial score (nSPS) is 21.1. The van der Waals surface area contributed by atoms with E-state index in [9.17, 15) is 9.18 Å². The molecule has 1 aromatic carbocycles. The van der Waals surface area contributed by atoms with Crippen molar-refractivity contribution in [2.45, 2.75) is 31.5 Å². The first-order valence-corrected chi connectivity index (χ1v) is 7.61. The zero-order valence-electron chi connectivity index (χ0n) is 12.6. The number of benzene rings is 1. The summed E-state index contributed by atoms with van der Waals surface area (Å²) >= 11 is 0. The maximum absolute atomic E-state index is 13.3. The molecule has 2 heterocycles. The molecule has 1 aliphatic heterocycles. The first-order valence-electron chi connectivity index (χ1n) is 7.61. The minimum absolute atomic E-state index is 0.0553. The average Bonchev–Trinajstić information content (AvgIpc) is 3.04. The topological polar surface area (TPSA) is 77.5 Å². The standard InChI is InChI=1S/C17H19FN2O3/c18-13-3-1-2-11(8-13)15-9-14(5-7-22-15)20-17(21)16-12(10-19)4-6-23-16/h1-4,6,8,14-15H,5,7,9-10,19H2,(H,20,21). The Kier molecular flexibility index (Phi) is 4.73. The smallest absolute Gasteiger partial charge is 0.287 e. The molecule has 6 heteroatoms. The largest absolute Gasteiger partial charge is 0.459 e. The minimum Gasteiger partial charge on any atom is -0.459 e. The number of furan rings is 1. The van der Waals surface area contributed by atoms with Gasteiger partial charge in [0.25, 0.3) is 5.91 Å². The van der Waals surface area contributed by atoms with Crippen LogP contribution in [0, 0.1) is 5.82 Å². The quantitative estimate of drug-likeness (QED) is 0.908. The second kappa shape index (κ2) is 6.93. The fraction of sp³-hybridized carbons (Fsp3) is 0.353. The van der Waals surface area contributed by atoms with Crippen LogP contribution in [0.15, 0.2) is 41.0 Å². The van der Waals surface area contributed by atoms with Crippen LogP contribution in [-0.2, 0) is 11.3 Å². The maximum atomic E-state index is 13.3. The molecular weight excluding hydrogens is 299 g/mol. The molecule has 2 unspecified atom stereocenters. The van der Waals surface area contributed by atoms with Gasteiger partial charge in [0.05, 0.1) is 12.4 Å². The molecule has 2 aromatic rings. The molecule has 1 fully saturated rings. The molecule has 1 aliphatic rings. The molecule has 0 aliphatic carbocycles. The van der Waals surface area contributed by atoms with E-state index in [2.05, 4.69) is 5.32 Å². The number of hydrogen-bond acceptors (Lipinski definition) is 4. The van der Waals surface area contributed by atoms with Gasteiger partial charge in [0.15, 0.2) is 5.76 Å². The van der Waals surface area contributed by atoms with Gasteiger partial charge in [0.1, 0.15) is 5.82 Å². The molecule has 2 atom stereocenters. The van der Waals surface area contributed by atoms with Crippen molar-refractivity contribution in [1.29, 1.82) is 0 Å². The van der Waals surface area contributed by atoms with E-state index in [1.54, 1.807) is 12.1 Å². The van der Waals surface area contributed by atoms with Crippen LogP contribution >= 0.6 is 0 Å². The SMILES string of the molecule is NCc1ccoc1C(=O)NC1CCOC(c2cccc(F)c2)C1. The molecule has 122 valence electrons. The second-order valence-electron chi connectivity index (χ2n) is 5.59. The Bertz CT molecular complexity index is 686. The summed E-state index contributed by atoms with van der Waals surface area (Å²) in [5.41, 5.74) is 7.04. The molecule has 0 spiro atoms. The van der Waals surface area contributed by atoms with Gasteiger partial charge >= 0.3 is 0 Å². The Morgan fingerprint density at radius 3 is 3.04 bits per heavy atom. The molecule has 5 nitrogen and oxygen atoms in total. The number of rotatable bonds is 4. The zero-order valence-corrected chi connectivity index (χ0v) is 12.6. The Balaban J connectivity index is 1.66. The van der Waals surface area contributed by atoms with Crippen LogP contribution in [0.5, 0.6) is 0 Å². The van der Waals surface area contributed by atoms with Crippen molar-refractivity contribution in [3.8, 4) is 0 Å². The molecule has 0 bridgehead atoms. The molecule has 1 saturated heterocycles. The molecule has 0 saturated carbocycles. The van der Waals surface area contributed by atoms with Gasteiger partial charge in [0.2, 0.25) is 0 Å². The lowest BCUT2D eigenvalue weighted by Crippen LogP contribution is -2.40. The fourth-order valence-electron chi connectivity index (χ4n) is 2.81. The van der Waals surface area contributed by atoms with Crippen molar-refractivity contribution in [1.82, 2.24) is 5.32 Å². The van der Waals surface area contributed by atoms with E-state index < -0.39 is 0 Å². The molecule has 3 rings (SSSR count). The zero-order chi connectivity index (χ0) is 16.2. The highest BCUT2D eigenvalue weighted by Crippen LogP contribution is 2.28. The number of nitrogens with two attached hydrogens (primary N) is 1. The highest BCUT2D eigenvalue weighted by Gasteiger charge is 2.27. The summed E-state index contributed by atoms with van der Waals surface area (Å²) < 4.78 is 24.3. The van der Waals surface area contributed by atoms with Crippen LogP contribution < -0.4 is 11.1 Å². The van der Waals surface area contributed by atoms with E-state index in [1.165, 1.54) is 18.4 Å². The monoisotopic (exact) mass is 318 g/mol. The number of nitrogens with one attached hydrogen (secondary N) is 1. The van der Waals surface area contributed by atoms with Crippen LogP contribution in [0.1, 0.15) is 40.6 Å². The van der Waals surface area contributed by atoms with Gasteiger partial charge in [-0.1, -0.05) is 12.1 Å². The first-order chi connectivity index (χ1) is 11.2. The summed E-state index contributed by atoms with van der Waals surface area (Å²) in [5.74, 6) is -0.318. The summed E-state index contributed by atoms with van der Waals surface area (Å²) in [6, 6.07) is 7.99. The van der Waals surface area contributed by atoms with Gasteiger partial charge in [-0.05, 0) is 36.6 Å². The van der Waals surface area contributed by atoms with Crippen LogP contribution in [0.3, 0.4) is 0 Å². The van der Waals surface area contributed by atoms with Gasteiger partial charge in [-0.15, -0.1) is 0 Å². The molecule has 3 N–H and O–H groups in total. The Morgan fingerprint density at radius 2 is 2.26 bits per heavy atom. The molecule has 23 heavy (non-hydrogen) atoms. The molecular formula is C17H19FN2O3. The number of hydrogen-bond donors (Lipinski definition) is 2. The average molecular weight is 318 g/mol. The number of amides is 1. The number of carbonyl (C=O) groups excluding carboxylic acids is 1. The summed E-state index contributed by atoms with van der Waals surface area (Å²) in [6.45, 7) is 0.757. The van der Waals surface area contributed by atoms with Crippen LogP contribution in [0.2, 0.25) is 0 Å². The van der Waals surface area contributed by atoms with E-state index in [4.69, 9.17) is 14.9 Å².